The van der Waals surface area contributed by atoms with E-state index in [-0.39, 0.29) is 12.1 Å². The van der Waals surface area contributed by atoms with Gasteiger partial charge >= 0.3 is 5.97 Å². The molecule has 138 valence electrons. The number of carbonyl (C=O) groups excluding carboxylic acids is 1. The van der Waals surface area contributed by atoms with Crippen molar-refractivity contribution in [3.05, 3.63) is 34.9 Å². The molecule has 1 saturated heterocycles. The molecular formula is C21H30ClNO2. The summed E-state index contributed by atoms with van der Waals surface area (Å²) < 4.78 is 5.81. The average molecular weight is 364 g/mol. The average Bonchev–Trinajstić information content (AvgIpc) is 3.10. The van der Waals surface area contributed by atoms with Gasteiger partial charge in [-0.1, -0.05) is 55.8 Å². The Morgan fingerprint density at radius 1 is 1.08 bits per heavy atom. The molecule has 0 bridgehead atoms. The van der Waals surface area contributed by atoms with Gasteiger partial charge in [-0.15, -0.1) is 0 Å². The Labute approximate surface area is 156 Å². The van der Waals surface area contributed by atoms with E-state index < -0.39 is 6.04 Å². The number of hydrogen-bond donors (Lipinski definition) is 1. The highest BCUT2D eigenvalue weighted by molar-refractivity contribution is 6.30. The Bertz CT molecular complexity index is 568. The molecule has 1 aliphatic carbocycles. The number of esters is 1. The summed E-state index contributed by atoms with van der Waals surface area (Å²) in [6.45, 7) is 2.08. The molecule has 0 aromatic heterocycles. The van der Waals surface area contributed by atoms with Crippen molar-refractivity contribution < 1.29 is 9.53 Å². The van der Waals surface area contributed by atoms with Gasteiger partial charge in [0.2, 0.25) is 0 Å². The van der Waals surface area contributed by atoms with Crippen molar-refractivity contribution in [3.63, 3.8) is 0 Å². The summed E-state index contributed by atoms with van der Waals surface area (Å²) in [5.41, 5.74) is 7.32. The molecule has 0 unspecified atom stereocenters. The monoisotopic (exact) mass is 363 g/mol. The van der Waals surface area contributed by atoms with E-state index in [1.54, 1.807) is 0 Å². The molecule has 2 aliphatic rings. The number of rotatable bonds is 3. The van der Waals surface area contributed by atoms with E-state index in [0.717, 1.165) is 30.7 Å². The summed E-state index contributed by atoms with van der Waals surface area (Å²) >= 11 is 6.04. The first kappa shape index (κ1) is 18.7. The lowest BCUT2D eigenvalue weighted by Crippen LogP contribution is -2.38. The summed E-state index contributed by atoms with van der Waals surface area (Å²) in [6, 6.07) is 7.72. The molecular weight excluding hydrogens is 334 g/mol. The fourth-order valence-electron chi connectivity index (χ4n) is 4.91. The third-order valence-electron chi connectivity index (χ3n) is 6.14. The highest BCUT2D eigenvalue weighted by Gasteiger charge is 2.38. The summed E-state index contributed by atoms with van der Waals surface area (Å²) in [7, 11) is 0. The molecule has 2 N–H and O–H groups in total. The second-order valence-electron chi connectivity index (χ2n) is 7.89. The maximum absolute atomic E-state index is 12.2. The molecule has 1 aromatic carbocycles. The standard InChI is InChI=1S/C21H30ClNO2/c1-14-20(16-5-2-3-6-16)17(7-4-8-19(23)21(24)25-14)13-15-9-11-18(22)12-10-15/h9-12,14,16-17,19-20H,2-8,13,23H2,1H3/t14-,17+,19-,20+/m0/s1. The Balaban J connectivity index is 1.83. The van der Waals surface area contributed by atoms with Gasteiger partial charge in [0, 0.05) is 10.9 Å². The molecule has 1 saturated carbocycles. The van der Waals surface area contributed by atoms with Gasteiger partial charge in [-0.3, -0.25) is 4.79 Å². The molecule has 0 amide bonds. The highest BCUT2D eigenvalue weighted by Crippen LogP contribution is 2.41. The first-order valence-electron chi connectivity index (χ1n) is 9.75. The third-order valence-corrected chi connectivity index (χ3v) is 6.39. The maximum atomic E-state index is 12.2. The predicted octanol–water partition coefficient (Wildman–Crippen LogP) is 4.75. The van der Waals surface area contributed by atoms with E-state index >= 15 is 0 Å². The zero-order valence-electron chi connectivity index (χ0n) is 15.1. The van der Waals surface area contributed by atoms with Gasteiger partial charge in [0.15, 0.2) is 0 Å². The Morgan fingerprint density at radius 3 is 2.44 bits per heavy atom. The molecule has 1 aromatic rings. The SMILES string of the molecule is C[C@@H]1OC(=O)[C@@H](N)CCC[C@H](Cc2ccc(Cl)cc2)[C@H]1C1CCCC1. The minimum Gasteiger partial charge on any atom is -0.461 e. The van der Waals surface area contributed by atoms with Crippen molar-refractivity contribution in [2.45, 2.75) is 70.4 Å². The Hall–Kier alpha value is -1.06. The quantitative estimate of drug-likeness (QED) is 0.788. The van der Waals surface area contributed by atoms with Crippen molar-refractivity contribution >= 4 is 17.6 Å². The van der Waals surface area contributed by atoms with Gasteiger partial charge in [0.1, 0.15) is 12.1 Å². The third kappa shape index (κ3) is 4.77. The van der Waals surface area contributed by atoms with Crippen LogP contribution in [0.4, 0.5) is 0 Å². The van der Waals surface area contributed by atoms with Crippen LogP contribution in [0.25, 0.3) is 0 Å². The minimum atomic E-state index is -0.471. The van der Waals surface area contributed by atoms with Crippen LogP contribution in [0.2, 0.25) is 5.02 Å². The zero-order chi connectivity index (χ0) is 17.8. The fourth-order valence-corrected chi connectivity index (χ4v) is 5.04. The Kier molecular flexibility index (Phi) is 6.40. The zero-order valence-corrected chi connectivity index (χ0v) is 15.9. The van der Waals surface area contributed by atoms with Crippen molar-refractivity contribution in [1.82, 2.24) is 0 Å². The van der Waals surface area contributed by atoms with Crippen LogP contribution in [0.15, 0.2) is 24.3 Å². The molecule has 4 atom stereocenters. The summed E-state index contributed by atoms with van der Waals surface area (Å²) in [6.07, 6.45) is 8.91. The van der Waals surface area contributed by atoms with Crippen molar-refractivity contribution in [2.24, 2.45) is 23.5 Å². The van der Waals surface area contributed by atoms with Crippen LogP contribution < -0.4 is 5.73 Å². The second kappa shape index (κ2) is 8.55. The normalized spacial score (nSPS) is 31.9. The summed E-state index contributed by atoms with van der Waals surface area (Å²) in [5.74, 6) is 1.39. The van der Waals surface area contributed by atoms with Gasteiger partial charge in [-0.25, -0.2) is 0 Å². The van der Waals surface area contributed by atoms with Crippen LogP contribution in [0.5, 0.6) is 0 Å². The highest BCUT2D eigenvalue weighted by atomic mass is 35.5. The Morgan fingerprint density at radius 2 is 1.76 bits per heavy atom. The number of cyclic esters (lactones) is 1. The molecule has 3 nitrogen and oxygen atoms in total. The summed E-state index contributed by atoms with van der Waals surface area (Å²) in [5, 5.41) is 0.777. The molecule has 1 heterocycles. The fraction of sp³-hybridized carbons (Fsp3) is 0.667. The number of carbonyl (C=O) groups is 1. The number of benzene rings is 1. The number of ether oxygens (including phenoxy) is 1. The van der Waals surface area contributed by atoms with E-state index in [4.69, 9.17) is 22.1 Å². The van der Waals surface area contributed by atoms with E-state index in [1.165, 1.54) is 31.2 Å². The lowest BCUT2D eigenvalue weighted by molar-refractivity contribution is -0.154. The van der Waals surface area contributed by atoms with Crippen molar-refractivity contribution in [2.75, 3.05) is 0 Å². The van der Waals surface area contributed by atoms with E-state index in [0.29, 0.717) is 17.8 Å². The van der Waals surface area contributed by atoms with Crippen LogP contribution >= 0.6 is 11.6 Å². The van der Waals surface area contributed by atoms with Gasteiger partial charge in [-0.05, 0) is 55.7 Å². The number of nitrogens with two attached hydrogens (primary N) is 1. The molecule has 1 aliphatic heterocycles. The summed E-state index contributed by atoms with van der Waals surface area (Å²) in [4.78, 5) is 12.2. The van der Waals surface area contributed by atoms with Gasteiger partial charge in [-0.2, -0.15) is 0 Å². The van der Waals surface area contributed by atoms with E-state index in [9.17, 15) is 4.79 Å². The smallest absolute Gasteiger partial charge is 0.323 e. The molecule has 0 spiro atoms. The molecule has 3 rings (SSSR count). The van der Waals surface area contributed by atoms with Crippen molar-refractivity contribution in [3.8, 4) is 0 Å². The van der Waals surface area contributed by atoms with Gasteiger partial charge in [0.25, 0.3) is 0 Å². The largest absolute Gasteiger partial charge is 0.461 e. The first-order chi connectivity index (χ1) is 12.0. The maximum Gasteiger partial charge on any atom is 0.323 e. The molecule has 0 radical (unpaired) electrons. The van der Waals surface area contributed by atoms with E-state index in [2.05, 4.69) is 19.1 Å². The second-order valence-corrected chi connectivity index (χ2v) is 8.33. The first-order valence-corrected chi connectivity index (χ1v) is 10.1. The van der Waals surface area contributed by atoms with Crippen LogP contribution in [-0.4, -0.2) is 18.1 Å². The van der Waals surface area contributed by atoms with E-state index in [1.807, 2.05) is 12.1 Å². The van der Waals surface area contributed by atoms with Gasteiger partial charge in [0.05, 0.1) is 0 Å². The van der Waals surface area contributed by atoms with Crippen LogP contribution in [0, 0.1) is 17.8 Å². The topological polar surface area (TPSA) is 52.3 Å². The van der Waals surface area contributed by atoms with Gasteiger partial charge < -0.3 is 10.5 Å². The number of halogens is 1. The van der Waals surface area contributed by atoms with Crippen LogP contribution in [-0.2, 0) is 16.0 Å². The predicted molar refractivity (Wildman–Crippen MR) is 101 cm³/mol. The lowest BCUT2D eigenvalue weighted by Gasteiger charge is -2.35. The van der Waals surface area contributed by atoms with Crippen molar-refractivity contribution in [1.29, 1.82) is 0 Å². The van der Waals surface area contributed by atoms with Crippen LogP contribution in [0.3, 0.4) is 0 Å². The minimum absolute atomic E-state index is 0.0583. The number of hydrogen-bond acceptors (Lipinski definition) is 3. The van der Waals surface area contributed by atoms with Crippen LogP contribution in [0.1, 0.15) is 57.4 Å². The molecule has 2 fully saturated rings. The lowest BCUT2D eigenvalue weighted by atomic mass is 9.73. The molecule has 4 heteroatoms. The molecule has 25 heavy (non-hydrogen) atoms.